The predicted octanol–water partition coefficient (Wildman–Crippen LogP) is 3.91. The smallest absolute Gasteiger partial charge is 0.0858 e. The van der Waals surface area contributed by atoms with E-state index in [2.05, 4.69) is 80.4 Å². The second kappa shape index (κ2) is 4.09. The second-order valence-electron chi connectivity index (χ2n) is 4.21. The van der Waals surface area contributed by atoms with E-state index in [4.69, 9.17) is 0 Å². The van der Waals surface area contributed by atoms with Crippen LogP contribution in [0.5, 0.6) is 0 Å². The Morgan fingerprint density at radius 1 is 1.14 bits per heavy atom. The third-order valence-corrected chi connectivity index (χ3v) is 3.30. The van der Waals surface area contributed by atoms with Gasteiger partial charge >= 0.3 is 0 Å². The molecule has 1 rings (SSSR count). The van der Waals surface area contributed by atoms with Crippen molar-refractivity contribution < 1.29 is 0 Å². The number of aryl methyl sites for hydroxylation is 2. The van der Waals surface area contributed by atoms with Gasteiger partial charge in [0.25, 0.3) is 0 Å². The number of benzene rings is 1. The molecule has 0 radical (unpaired) electrons. The number of rotatable bonds is 2. The van der Waals surface area contributed by atoms with Crippen molar-refractivity contribution in [2.75, 3.05) is 11.9 Å². The summed E-state index contributed by atoms with van der Waals surface area (Å²) >= 11 is 2.47. The Morgan fingerprint density at radius 3 is 1.93 bits per heavy atom. The van der Waals surface area contributed by atoms with E-state index >= 15 is 0 Å². The largest absolute Gasteiger partial charge is 0.360 e. The Hall–Kier alpha value is -0.250. The van der Waals surface area contributed by atoms with Crippen molar-refractivity contribution >= 4 is 28.3 Å². The molecule has 14 heavy (non-hydrogen) atoms. The van der Waals surface area contributed by atoms with E-state index in [1.165, 1.54) is 16.8 Å². The molecule has 0 fully saturated rings. The fourth-order valence-corrected chi connectivity index (χ4v) is 1.84. The maximum Gasteiger partial charge on any atom is 0.0858 e. The molecule has 2 heteroatoms. The lowest BCUT2D eigenvalue weighted by atomic mass is 10.1. The Morgan fingerprint density at radius 2 is 1.57 bits per heavy atom. The van der Waals surface area contributed by atoms with Gasteiger partial charge in [0.1, 0.15) is 0 Å². The molecule has 0 bridgehead atoms. The van der Waals surface area contributed by atoms with Gasteiger partial charge in [-0.2, -0.15) is 0 Å². The molecule has 0 unspecified atom stereocenters. The summed E-state index contributed by atoms with van der Waals surface area (Å²) in [5, 5.41) is 0. The molecule has 0 heterocycles. The number of hydrogen-bond donors (Lipinski definition) is 0. The summed E-state index contributed by atoms with van der Waals surface area (Å²) in [7, 11) is 2.15. The van der Waals surface area contributed by atoms with Crippen molar-refractivity contribution in [3.8, 4) is 0 Å². The number of hydrogen-bond acceptors (Lipinski definition) is 1. The summed E-state index contributed by atoms with van der Waals surface area (Å²) in [6, 6.07) is 6.45. The quantitative estimate of drug-likeness (QED) is 0.455. The summed E-state index contributed by atoms with van der Waals surface area (Å²) in [6.07, 6.45) is 0. The van der Waals surface area contributed by atoms with Crippen LogP contribution in [0, 0.1) is 13.8 Å². The van der Waals surface area contributed by atoms with Gasteiger partial charge in [0.2, 0.25) is 0 Å². The van der Waals surface area contributed by atoms with Gasteiger partial charge in [-0.05, 0) is 38.8 Å². The summed E-state index contributed by atoms with van der Waals surface area (Å²) in [4.78, 5) is 2.33. The van der Waals surface area contributed by atoms with Crippen molar-refractivity contribution in [1.82, 2.24) is 0 Å². The fourth-order valence-electron chi connectivity index (χ4n) is 1.60. The molecule has 0 saturated heterocycles. The molecule has 1 nitrogen and oxygen atoms in total. The molecular weight excluding hydrogens is 285 g/mol. The first-order valence-corrected chi connectivity index (χ1v) is 5.91. The minimum Gasteiger partial charge on any atom is -0.360 e. The third kappa shape index (κ3) is 2.41. The topological polar surface area (TPSA) is 3.24 Å². The minimum absolute atomic E-state index is 0.147. The van der Waals surface area contributed by atoms with Crippen molar-refractivity contribution in [3.63, 3.8) is 0 Å². The van der Waals surface area contributed by atoms with Crippen LogP contribution in [0.3, 0.4) is 0 Å². The first kappa shape index (κ1) is 11.8. The predicted molar refractivity (Wildman–Crippen MR) is 72.4 cm³/mol. The summed E-state index contributed by atoms with van der Waals surface area (Å²) in [5.41, 5.74) is 4.04. The zero-order valence-corrected chi connectivity index (χ0v) is 11.7. The number of alkyl halides is 1. The van der Waals surface area contributed by atoms with E-state index < -0.39 is 0 Å². The number of para-hydroxylation sites is 1. The first-order valence-electron chi connectivity index (χ1n) is 4.83. The maximum absolute atomic E-state index is 2.47. The molecule has 0 spiro atoms. The summed E-state index contributed by atoms with van der Waals surface area (Å²) in [6.45, 7) is 8.78. The molecule has 0 atom stereocenters. The summed E-state index contributed by atoms with van der Waals surface area (Å²) in [5.74, 6) is 0. The monoisotopic (exact) mass is 303 g/mol. The average molecular weight is 303 g/mol. The zero-order chi connectivity index (χ0) is 10.9. The van der Waals surface area contributed by atoms with Crippen LogP contribution in [0.1, 0.15) is 25.0 Å². The van der Waals surface area contributed by atoms with Gasteiger partial charge in [0.15, 0.2) is 0 Å². The molecule has 1 aromatic carbocycles. The van der Waals surface area contributed by atoms with Crippen LogP contribution >= 0.6 is 22.6 Å². The standard InChI is InChI=1S/C12H18IN/c1-9-7-6-8-10(2)11(9)14(5)12(3,4)13/h6-8H,1-5H3. The lowest BCUT2D eigenvalue weighted by molar-refractivity contribution is 0.721. The first-order chi connectivity index (χ1) is 6.34. The van der Waals surface area contributed by atoms with Gasteiger partial charge in [-0.1, -0.05) is 40.8 Å². The van der Waals surface area contributed by atoms with E-state index in [-0.39, 0.29) is 3.55 Å². The van der Waals surface area contributed by atoms with Crippen LogP contribution < -0.4 is 4.90 Å². The molecule has 0 aliphatic carbocycles. The second-order valence-corrected chi connectivity index (χ2v) is 6.85. The minimum atomic E-state index is 0.147. The fraction of sp³-hybridized carbons (Fsp3) is 0.500. The molecular formula is C12H18IN. The number of halogens is 1. The van der Waals surface area contributed by atoms with Gasteiger partial charge < -0.3 is 4.90 Å². The van der Waals surface area contributed by atoms with Gasteiger partial charge in [-0.25, -0.2) is 0 Å². The molecule has 0 saturated carbocycles. The highest BCUT2D eigenvalue weighted by atomic mass is 127. The molecule has 0 aliphatic rings. The van der Waals surface area contributed by atoms with Crippen LogP contribution in [0.25, 0.3) is 0 Å². The third-order valence-electron chi connectivity index (χ3n) is 2.57. The maximum atomic E-state index is 2.47. The zero-order valence-electron chi connectivity index (χ0n) is 9.56. The van der Waals surface area contributed by atoms with Crippen LogP contribution in [-0.4, -0.2) is 10.6 Å². The Balaban J connectivity index is 3.19. The van der Waals surface area contributed by atoms with E-state index in [0.717, 1.165) is 0 Å². The van der Waals surface area contributed by atoms with Crippen LogP contribution in [-0.2, 0) is 0 Å². The van der Waals surface area contributed by atoms with Crippen molar-refractivity contribution in [1.29, 1.82) is 0 Å². The van der Waals surface area contributed by atoms with E-state index in [1.54, 1.807) is 0 Å². The van der Waals surface area contributed by atoms with Gasteiger partial charge in [0, 0.05) is 12.7 Å². The number of nitrogens with zero attached hydrogens (tertiary/aromatic N) is 1. The van der Waals surface area contributed by atoms with Crippen LogP contribution in [0.2, 0.25) is 0 Å². The summed E-state index contributed by atoms with van der Waals surface area (Å²) < 4.78 is 0.147. The van der Waals surface area contributed by atoms with Crippen molar-refractivity contribution in [2.24, 2.45) is 0 Å². The Kier molecular flexibility index (Phi) is 3.45. The van der Waals surface area contributed by atoms with Gasteiger partial charge in [0.05, 0.1) is 3.55 Å². The number of anilines is 1. The van der Waals surface area contributed by atoms with Crippen LogP contribution in [0.15, 0.2) is 18.2 Å². The highest BCUT2D eigenvalue weighted by molar-refractivity contribution is 14.1. The highest BCUT2D eigenvalue weighted by Gasteiger charge is 2.21. The molecule has 0 aliphatic heterocycles. The normalized spacial score (nSPS) is 11.6. The molecule has 0 N–H and O–H groups in total. The Labute approximate surface area is 101 Å². The van der Waals surface area contributed by atoms with Gasteiger partial charge in [-0.3, -0.25) is 0 Å². The molecule has 0 amide bonds. The molecule has 78 valence electrons. The van der Waals surface area contributed by atoms with Gasteiger partial charge in [-0.15, -0.1) is 0 Å². The van der Waals surface area contributed by atoms with E-state index in [1.807, 2.05) is 0 Å². The van der Waals surface area contributed by atoms with E-state index in [0.29, 0.717) is 0 Å². The lowest BCUT2D eigenvalue weighted by Crippen LogP contribution is -2.35. The van der Waals surface area contributed by atoms with Crippen molar-refractivity contribution in [3.05, 3.63) is 29.3 Å². The van der Waals surface area contributed by atoms with E-state index in [9.17, 15) is 0 Å². The highest BCUT2D eigenvalue weighted by Crippen LogP contribution is 2.32. The lowest BCUT2D eigenvalue weighted by Gasteiger charge is -2.34. The molecule has 1 aromatic rings. The molecule has 0 aromatic heterocycles. The SMILES string of the molecule is Cc1cccc(C)c1N(C)C(C)(C)I. The Bertz CT molecular complexity index is 305. The van der Waals surface area contributed by atoms with Crippen LogP contribution in [0.4, 0.5) is 5.69 Å². The average Bonchev–Trinajstić information content (AvgIpc) is 2.01. The van der Waals surface area contributed by atoms with Crippen molar-refractivity contribution in [2.45, 2.75) is 31.2 Å².